The van der Waals surface area contributed by atoms with Crippen molar-refractivity contribution >= 4 is 29.1 Å². The Morgan fingerprint density at radius 3 is 2.68 bits per heavy atom. The quantitative estimate of drug-likeness (QED) is 0.778. The Morgan fingerprint density at radius 2 is 2.09 bits per heavy atom. The van der Waals surface area contributed by atoms with Crippen LogP contribution in [0.25, 0.3) is 0 Å². The summed E-state index contributed by atoms with van der Waals surface area (Å²) in [5, 5.41) is 0.977. The largest absolute Gasteiger partial charge is 0.467 e. The molecule has 0 spiro atoms. The Balaban J connectivity index is 1.77. The lowest BCUT2D eigenvalue weighted by molar-refractivity contribution is -0.133. The third-order valence-electron chi connectivity index (χ3n) is 3.94. The van der Waals surface area contributed by atoms with Crippen LogP contribution < -0.4 is 0 Å². The maximum absolute atomic E-state index is 12.7. The first-order chi connectivity index (χ1) is 10.6. The van der Waals surface area contributed by atoms with Crippen LogP contribution in [0, 0.1) is 0 Å². The molecule has 1 saturated carbocycles. The molecule has 1 aliphatic rings. The Labute approximate surface area is 139 Å². The smallest absolute Gasteiger partial charge is 0.227 e. The number of benzene rings is 1. The van der Waals surface area contributed by atoms with Crippen LogP contribution in [0.1, 0.15) is 37.1 Å². The van der Waals surface area contributed by atoms with Crippen molar-refractivity contribution in [1.82, 2.24) is 4.90 Å². The van der Waals surface area contributed by atoms with E-state index in [1.165, 1.54) is 0 Å². The Morgan fingerprint density at radius 1 is 1.32 bits per heavy atom. The highest BCUT2D eigenvalue weighted by Gasteiger charge is 2.36. The zero-order valence-electron chi connectivity index (χ0n) is 12.3. The Kier molecular flexibility index (Phi) is 4.46. The van der Waals surface area contributed by atoms with E-state index in [2.05, 4.69) is 0 Å². The molecule has 1 aliphatic carbocycles. The molecule has 116 valence electrons. The van der Waals surface area contributed by atoms with Gasteiger partial charge in [0.25, 0.3) is 0 Å². The summed E-state index contributed by atoms with van der Waals surface area (Å²) in [6.07, 6.45) is 4.06. The summed E-state index contributed by atoms with van der Waals surface area (Å²) in [5.74, 6) is 0.902. The first kappa shape index (κ1) is 15.4. The fourth-order valence-corrected chi connectivity index (χ4v) is 2.99. The molecule has 0 saturated heterocycles. The summed E-state index contributed by atoms with van der Waals surface area (Å²) < 4.78 is 5.46. The van der Waals surface area contributed by atoms with Crippen molar-refractivity contribution in [3.8, 4) is 0 Å². The van der Waals surface area contributed by atoms with E-state index < -0.39 is 0 Å². The molecule has 5 heteroatoms. The Hall–Kier alpha value is -1.45. The van der Waals surface area contributed by atoms with Crippen molar-refractivity contribution in [2.45, 2.75) is 38.3 Å². The molecule has 1 heterocycles. The van der Waals surface area contributed by atoms with Gasteiger partial charge in [0.05, 0.1) is 28.8 Å². The van der Waals surface area contributed by atoms with Gasteiger partial charge in [0.2, 0.25) is 5.91 Å². The lowest BCUT2D eigenvalue weighted by Gasteiger charge is -2.28. The van der Waals surface area contributed by atoms with E-state index >= 15 is 0 Å². The normalized spacial score (nSPS) is 15.6. The van der Waals surface area contributed by atoms with Crippen LogP contribution in [0.3, 0.4) is 0 Å². The lowest BCUT2D eigenvalue weighted by Crippen LogP contribution is -2.36. The van der Waals surface area contributed by atoms with Crippen LogP contribution in [0.15, 0.2) is 41.0 Å². The van der Waals surface area contributed by atoms with Gasteiger partial charge in [-0.2, -0.15) is 0 Å². The molecule has 0 radical (unpaired) electrons. The van der Waals surface area contributed by atoms with Gasteiger partial charge < -0.3 is 9.32 Å². The maximum Gasteiger partial charge on any atom is 0.227 e. The monoisotopic (exact) mass is 337 g/mol. The summed E-state index contributed by atoms with van der Waals surface area (Å²) in [6.45, 7) is 2.00. The predicted octanol–water partition coefficient (Wildman–Crippen LogP) is 4.88. The third-order valence-corrected chi connectivity index (χ3v) is 4.68. The number of amides is 1. The fraction of sp³-hybridized carbons (Fsp3) is 0.353. The van der Waals surface area contributed by atoms with Crippen molar-refractivity contribution in [1.29, 1.82) is 0 Å². The molecular formula is C17H17Cl2NO2. The molecule has 1 atom stereocenters. The van der Waals surface area contributed by atoms with Gasteiger partial charge in [-0.3, -0.25) is 4.79 Å². The highest BCUT2D eigenvalue weighted by molar-refractivity contribution is 6.42. The second-order valence-electron chi connectivity index (χ2n) is 5.65. The van der Waals surface area contributed by atoms with Crippen LogP contribution in [0.4, 0.5) is 0 Å². The minimum atomic E-state index is -0.0576. The minimum absolute atomic E-state index is 0.0576. The van der Waals surface area contributed by atoms with E-state index in [0.717, 1.165) is 24.2 Å². The van der Waals surface area contributed by atoms with E-state index in [0.29, 0.717) is 22.5 Å². The molecule has 1 aromatic heterocycles. The van der Waals surface area contributed by atoms with E-state index in [1.807, 2.05) is 30.0 Å². The van der Waals surface area contributed by atoms with Crippen LogP contribution in [-0.2, 0) is 11.2 Å². The van der Waals surface area contributed by atoms with Crippen LogP contribution >= 0.6 is 23.2 Å². The molecule has 0 N–H and O–H groups in total. The first-order valence-corrected chi connectivity index (χ1v) is 8.10. The summed E-state index contributed by atoms with van der Waals surface area (Å²) >= 11 is 11.9. The molecular weight excluding hydrogens is 321 g/mol. The molecule has 1 amide bonds. The summed E-state index contributed by atoms with van der Waals surface area (Å²) in [4.78, 5) is 14.7. The van der Waals surface area contributed by atoms with E-state index in [9.17, 15) is 4.79 Å². The van der Waals surface area contributed by atoms with Crippen LogP contribution in [-0.4, -0.2) is 16.8 Å². The number of carbonyl (C=O) groups excluding carboxylic acids is 1. The summed E-state index contributed by atoms with van der Waals surface area (Å²) in [7, 11) is 0. The topological polar surface area (TPSA) is 33.5 Å². The molecule has 22 heavy (non-hydrogen) atoms. The molecule has 1 fully saturated rings. The van der Waals surface area contributed by atoms with Crippen LogP contribution in [0.2, 0.25) is 10.0 Å². The number of rotatable bonds is 5. The number of hydrogen-bond donors (Lipinski definition) is 0. The zero-order valence-corrected chi connectivity index (χ0v) is 13.8. The molecule has 3 rings (SSSR count). The SMILES string of the molecule is CC(c1ccco1)N(C(=O)Cc1ccc(Cl)c(Cl)c1)C1CC1. The molecule has 0 bridgehead atoms. The van der Waals surface area contributed by atoms with Gasteiger partial charge in [-0.25, -0.2) is 0 Å². The highest BCUT2D eigenvalue weighted by Crippen LogP contribution is 2.35. The molecule has 1 unspecified atom stereocenters. The van der Waals surface area contributed by atoms with Gasteiger partial charge in [0.1, 0.15) is 5.76 Å². The van der Waals surface area contributed by atoms with E-state index in [4.69, 9.17) is 27.6 Å². The lowest BCUT2D eigenvalue weighted by atomic mass is 10.1. The maximum atomic E-state index is 12.7. The first-order valence-electron chi connectivity index (χ1n) is 7.34. The van der Waals surface area contributed by atoms with Crippen LogP contribution in [0.5, 0.6) is 0 Å². The molecule has 1 aromatic carbocycles. The van der Waals surface area contributed by atoms with Gasteiger partial charge in [-0.1, -0.05) is 29.3 Å². The number of nitrogens with zero attached hydrogens (tertiary/aromatic N) is 1. The van der Waals surface area contributed by atoms with Gasteiger partial charge in [0.15, 0.2) is 0 Å². The summed E-state index contributed by atoms with van der Waals surface area (Å²) in [6, 6.07) is 9.34. The Bertz CT molecular complexity index is 665. The van der Waals surface area contributed by atoms with Crippen molar-refractivity contribution in [3.05, 3.63) is 58.0 Å². The number of halogens is 2. The number of furan rings is 1. The number of hydrogen-bond acceptors (Lipinski definition) is 2. The minimum Gasteiger partial charge on any atom is -0.467 e. The van der Waals surface area contributed by atoms with Crippen molar-refractivity contribution in [2.24, 2.45) is 0 Å². The third kappa shape index (κ3) is 3.31. The average Bonchev–Trinajstić information content (AvgIpc) is 3.15. The van der Waals surface area contributed by atoms with Gasteiger partial charge in [-0.15, -0.1) is 0 Å². The standard InChI is InChI=1S/C17H17Cl2NO2/c1-11(16-3-2-8-22-16)20(13-5-6-13)17(21)10-12-4-7-14(18)15(19)9-12/h2-4,7-9,11,13H,5-6,10H2,1H3. The van der Waals surface area contributed by atoms with Gasteiger partial charge >= 0.3 is 0 Å². The second-order valence-corrected chi connectivity index (χ2v) is 6.46. The number of carbonyl (C=O) groups is 1. The van der Waals surface area contributed by atoms with E-state index in [1.54, 1.807) is 18.4 Å². The van der Waals surface area contributed by atoms with Gasteiger partial charge in [0, 0.05) is 6.04 Å². The van der Waals surface area contributed by atoms with Crippen molar-refractivity contribution < 1.29 is 9.21 Å². The van der Waals surface area contributed by atoms with Crippen molar-refractivity contribution in [3.63, 3.8) is 0 Å². The fourth-order valence-electron chi connectivity index (χ4n) is 2.67. The summed E-state index contributed by atoms with van der Waals surface area (Å²) in [5.41, 5.74) is 0.872. The zero-order chi connectivity index (χ0) is 15.7. The highest BCUT2D eigenvalue weighted by atomic mass is 35.5. The average molecular weight is 338 g/mol. The molecule has 0 aliphatic heterocycles. The molecule has 3 nitrogen and oxygen atoms in total. The predicted molar refractivity (Wildman–Crippen MR) is 87.2 cm³/mol. The van der Waals surface area contributed by atoms with Crippen molar-refractivity contribution in [2.75, 3.05) is 0 Å². The van der Waals surface area contributed by atoms with E-state index in [-0.39, 0.29) is 11.9 Å². The van der Waals surface area contributed by atoms with Gasteiger partial charge in [-0.05, 0) is 49.6 Å². The second kappa shape index (κ2) is 6.35. The molecule has 2 aromatic rings.